The summed E-state index contributed by atoms with van der Waals surface area (Å²) in [6.07, 6.45) is 0.154. The van der Waals surface area contributed by atoms with E-state index >= 15 is 0 Å². The second kappa shape index (κ2) is 10.9. The molecule has 6 heteroatoms. The molecule has 0 atom stereocenters. The lowest BCUT2D eigenvalue weighted by Crippen LogP contribution is -1.97. The number of rotatable bonds is 3. The molecule has 58 valence electrons. The van der Waals surface area contributed by atoms with Crippen molar-refractivity contribution in [3.8, 4) is 0 Å². The van der Waals surface area contributed by atoms with Crippen molar-refractivity contribution in [3.63, 3.8) is 0 Å². The van der Waals surface area contributed by atoms with Crippen molar-refractivity contribution in [3.05, 3.63) is 0 Å². The Morgan fingerprint density at radius 3 is 2.22 bits per heavy atom. The second-order valence-electron chi connectivity index (χ2n) is 1.01. The minimum absolute atomic E-state index is 0. The molecule has 0 aromatic heterocycles. The first-order chi connectivity index (χ1) is 3.27. The maximum Gasteiger partial charge on any atom is 0.304 e. The molecule has 0 aliphatic rings. The molecule has 0 aliphatic heterocycles. The highest BCUT2D eigenvalue weighted by Crippen LogP contribution is 1.88. The van der Waals surface area contributed by atoms with Crippen LogP contribution in [0.5, 0.6) is 0 Å². The van der Waals surface area contributed by atoms with E-state index in [0.29, 0.717) is 5.75 Å². The van der Waals surface area contributed by atoms with Crippen LogP contribution in [0.25, 0.3) is 0 Å². The van der Waals surface area contributed by atoms with Crippen molar-refractivity contribution < 1.29 is 15.4 Å². The Morgan fingerprint density at radius 1 is 1.67 bits per heavy atom. The predicted octanol–water partition coefficient (Wildman–Crippen LogP) is -0.335. The van der Waals surface area contributed by atoms with E-state index in [9.17, 15) is 4.79 Å². The Hall–Kier alpha value is 0.0300. The molecular weight excluding hydrogens is 166 g/mol. The number of hydrogen-bond donors (Lipinski definition) is 2. The number of carboxylic acid groups (broad SMARTS) is 1. The van der Waals surface area contributed by atoms with Crippen molar-refractivity contribution in [2.75, 3.05) is 5.75 Å². The van der Waals surface area contributed by atoms with Gasteiger partial charge in [0.05, 0.1) is 6.42 Å². The number of carboxylic acids is 1. The molecule has 4 nitrogen and oxygen atoms in total. The van der Waals surface area contributed by atoms with E-state index in [1.54, 1.807) is 0 Å². The van der Waals surface area contributed by atoms with Gasteiger partial charge in [-0.3, -0.25) is 9.93 Å². The minimum atomic E-state index is -0.794. The first-order valence-corrected chi connectivity index (χ1v) is 2.85. The van der Waals surface area contributed by atoms with Gasteiger partial charge in [-0.2, -0.15) is 0 Å². The van der Waals surface area contributed by atoms with Gasteiger partial charge in [0.15, 0.2) is 0 Å². The van der Waals surface area contributed by atoms with Crippen molar-refractivity contribution >= 4 is 30.3 Å². The summed E-state index contributed by atoms with van der Waals surface area (Å²) in [5.41, 5.74) is 0. The summed E-state index contributed by atoms with van der Waals surface area (Å²) < 4.78 is 0. The monoisotopic (exact) mass is 175 g/mol. The number of halogens is 1. The number of carbonyl (C=O) groups is 1. The highest BCUT2D eigenvalue weighted by atomic mass is 35.5. The summed E-state index contributed by atoms with van der Waals surface area (Å²) >= 11 is 1.05. The smallest absolute Gasteiger partial charge is 0.304 e. The van der Waals surface area contributed by atoms with Crippen molar-refractivity contribution in [1.82, 2.24) is 0 Å². The van der Waals surface area contributed by atoms with Crippen LogP contribution >= 0.6 is 24.4 Å². The van der Waals surface area contributed by atoms with E-state index in [-0.39, 0.29) is 24.3 Å². The molecule has 0 amide bonds. The Balaban J connectivity index is -0.000000180. The zero-order valence-corrected chi connectivity index (χ0v) is 6.30. The van der Waals surface area contributed by atoms with Crippen LogP contribution in [0.3, 0.4) is 0 Å². The molecular formula is C3H10ClNO3S. The van der Waals surface area contributed by atoms with E-state index in [0.717, 1.165) is 11.9 Å². The van der Waals surface area contributed by atoms with Gasteiger partial charge in [-0.15, -0.1) is 12.4 Å². The van der Waals surface area contributed by atoms with Crippen molar-refractivity contribution in [2.45, 2.75) is 6.42 Å². The summed E-state index contributed by atoms with van der Waals surface area (Å²) in [5, 5.41) is 12.9. The molecule has 0 saturated carbocycles. The summed E-state index contributed by atoms with van der Waals surface area (Å²) in [6.45, 7) is 0. The largest absolute Gasteiger partial charge is 0.481 e. The van der Waals surface area contributed by atoms with Crippen LogP contribution in [0.2, 0.25) is 0 Å². The molecule has 0 bridgehead atoms. The van der Waals surface area contributed by atoms with Crippen LogP contribution in [0, 0.1) is 0 Å². The lowest BCUT2D eigenvalue weighted by Gasteiger charge is -1.85. The van der Waals surface area contributed by atoms with Gasteiger partial charge in [0, 0.05) is 5.75 Å². The van der Waals surface area contributed by atoms with Crippen LogP contribution in [0.1, 0.15) is 6.42 Å². The third kappa shape index (κ3) is 18.0. The molecule has 0 radical (unpaired) electrons. The SMILES string of the molecule is Cl.NSCCC(=O)O.O. The van der Waals surface area contributed by atoms with Crippen LogP contribution in [-0.2, 0) is 4.79 Å². The van der Waals surface area contributed by atoms with Gasteiger partial charge in [0.2, 0.25) is 0 Å². The molecule has 0 saturated heterocycles. The zero-order valence-electron chi connectivity index (χ0n) is 4.66. The molecule has 0 aromatic rings. The molecule has 0 aromatic carbocycles. The quantitative estimate of drug-likeness (QED) is 0.574. The molecule has 0 fully saturated rings. The van der Waals surface area contributed by atoms with Gasteiger partial charge in [0.1, 0.15) is 0 Å². The fourth-order valence-electron chi connectivity index (χ4n) is 0.146. The van der Waals surface area contributed by atoms with E-state index in [1.807, 2.05) is 0 Å². The van der Waals surface area contributed by atoms with E-state index in [4.69, 9.17) is 10.2 Å². The van der Waals surface area contributed by atoms with Crippen LogP contribution in [0.15, 0.2) is 0 Å². The molecule has 0 unspecified atom stereocenters. The minimum Gasteiger partial charge on any atom is -0.481 e. The molecule has 0 spiro atoms. The van der Waals surface area contributed by atoms with Gasteiger partial charge in [-0.1, -0.05) is 11.9 Å². The van der Waals surface area contributed by atoms with Gasteiger partial charge in [-0.25, -0.2) is 0 Å². The molecule has 5 N–H and O–H groups in total. The van der Waals surface area contributed by atoms with E-state index < -0.39 is 5.97 Å². The van der Waals surface area contributed by atoms with Gasteiger partial charge in [0.25, 0.3) is 0 Å². The van der Waals surface area contributed by atoms with Crippen molar-refractivity contribution in [1.29, 1.82) is 0 Å². The van der Waals surface area contributed by atoms with Crippen LogP contribution in [-0.4, -0.2) is 22.3 Å². The fraction of sp³-hybridized carbons (Fsp3) is 0.667. The molecule has 9 heavy (non-hydrogen) atoms. The first-order valence-electron chi connectivity index (χ1n) is 1.81. The normalized spacial score (nSPS) is 6.78. The Labute approximate surface area is 63.7 Å². The summed E-state index contributed by atoms with van der Waals surface area (Å²) in [5.74, 6) is -0.298. The second-order valence-corrected chi connectivity index (χ2v) is 1.76. The Morgan fingerprint density at radius 2 is 2.11 bits per heavy atom. The summed E-state index contributed by atoms with van der Waals surface area (Å²) in [4.78, 5) is 9.69. The fourth-order valence-corrected chi connectivity index (χ4v) is 0.439. The Bertz CT molecular complexity index is 72.1. The molecule has 0 aliphatic carbocycles. The maximum absolute atomic E-state index is 9.69. The third-order valence-corrected chi connectivity index (χ3v) is 0.874. The van der Waals surface area contributed by atoms with Gasteiger partial charge in [-0.05, 0) is 0 Å². The predicted molar refractivity (Wildman–Crippen MR) is 39.8 cm³/mol. The van der Waals surface area contributed by atoms with E-state index in [1.165, 1.54) is 0 Å². The standard InChI is InChI=1S/C3H7NO2S.ClH.H2O/c4-7-2-1-3(5)6;;/h1-2,4H2,(H,5,6);1H;1H2. The maximum atomic E-state index is 9.69. The summed E-state index contributed by atoms with van der Waals surface area (Å²) in [6, 6.07) is 0. The summed E-state index contributed by atoms with van der Waals surface area (Å²) in [7, 11) is 0. The van der Waals surface area contributed by atoms with Crippen molar-refractivity contribution in [2.24, 2.45) is 5.14 Å². The molecule has 0 heterocycles. The van der Waals surface area contributed by atoms with Crippen LogP contribution in [0.4, 0.5) is 0 Å². The Kier molecular flexibility index (Phi) is 19.4. The highest BCUT2D eigenvalue weighted by molar-refractivity contribution is 7.97. The van der Waals surface area contributed by atoms with Gasteiger partial charge >= 0.3 is 5.97 Å². The van der Waals surface area contributed by atoms with Crippen LogP contribution < -0.4 is 5.14 Å². The average molecular weight is 176 g/mol. The molecule has 0 rings (SSSR count). The number of nitrogens with two attached hydrogens (primary N) is 1. The first kappa shape index (κ1) is 16.0. The average Bonchev–Trinajstić information content (AvgIpc) is 1.61. The number of hydrogen-bond acceptors (Lipinski definition) is 3. The lowest BCUT2D eigenvalue weighted by molar-refractivity contribution is -0.136. The highest BCUT2D eigenvalue weighted by Gasteiger charge is 1.91. The van der Waals surface area contributed by atoms with E-state index in [2.05, 4.69) is 0 Å². The zero-order chi connectivity index (χ0) is 5.70. The topological polar surface area (TPSA) is 94.8 Å². The lowest BCUT2D eigenvalue weighted by atomic mass is 10.5. The number of aliphatic carboxylic acids is 1. The third-order valence-electron chi connectivity index (χ3n) is 0.434. The van der Waals surface area contributed by atoms with Gasteiger partial charge < -0.3 is 10.6 Å².